The second kappa shape index (κ2) is 11.1. The summed E-state index contributed by atoms with van der Waals surface area (Å²) in [7, 11) is 0. The lowest BCUT2D eigenvalue weighted by Crippen LogP contribution is -2.28. The molecule has 4 nitrogen and oxygen atoms in total. The highest BCUT2D eigenvalue weighted by atomic mass is 14.6. The number of fused-ring (bicyclic) bond motifs is 3. The highest BCUT2D eigenvalue weighted by Crippen LogP contribution is 2.56. The van der Waals surface area contributed by atoms with Crippen LogP contribution in [0.25, 0.3) is 22.3 Å². The average Bonchev–Trinajstić information content (AvgIpc) is 3.32. The first-order valence-electron chi connectivity index (χ1n) is 14.4. The van der Waals surface area contributed by atoms with Gasteiger partial charge in [-0.1, -0.05) is 84.9 Å². The van der Waals surface area contributed by atoms with Crippen LogP contribution in [0.1, 0.15) is 33.4 Å². The molecule has 0 atom stereocenters. The molecule has 0 heterocycles. The lowest BCUT2D eigenvalue weighted by molar-refractivity contribution is 0.769. The van der Waals surface area contributed by atoms with Crippen molar-refractivity contribution in [2.24, 2.45) is 0 Å². The molecule has 0 amide bonds. The Morgan fingerprint density at radius 3 is 1.16 bits per heavy atom. The second-order valence-electron chi connectivity index (χ2n) is 11.2. The van der Waals surface area contributed by atoms with Crippen LogP contribution in [0.4, 0.5) is 22.7 Å². The van der Waals surface area contributed by atoms with E-state index in [-0.39, 0.29) is 5.41 Å². The van der Waals surface area contributed by atoms with Crippen molar-refractivity contribution < 1.29 is 0 Å². The van der Waals surface area contributed by atoms with Gasteiger partial charge in [0.1, 0.15) is 0 Å². The number of nitrogen functional groups attached to an aromatic ring is 4. The average molecular weight is 561 g/mol. The minimum atomic E-state index is -0.380. The van der Waals surface area contributed by atoms with E-state index in [9.17, 15) is 0 Å². The SMILES string of the molecule is Cc1cc(-c2ccc(N)c(C)c2)ccc1N.Nc1ccc(C2(c3ccc(N)cc3)c3ccccc3-c3ccccc32)cc1. The molecule has 6 aromatic rings. The first kappa shape index (κ1) is 27.7. The molecule has 6 aromatic carbocycles. The Morgan fingerprint density at radius 2 is 0.791 bits per heavy atom. The highest BCUT2D eigenvalue weighted by molar-refractivity contribution is 5.86. The number of nitrogens with two attached hydrogens (primary N) is 4. The molecule has 0 spiro atoms. The predicted octanol–water partition coefficient (Wildman–Crippen LogP) is 8.35. The van der Waals surface area contributed by atoms with Gasteiger partial charge in [-0.05, 0) is 118 Å². The molecule has 0 saturated carbocycles. The van der Waals surface area contributed by atoms with Gasteiger partial charge in [-0.3, -0.25) is 0 Å². The van der Waals surface area contributed by atoms with Gasteiger partial charge in [0.15, 0.2) is 0 Å². The van der Waals surface area contributed by atoms with E-state index in [4.69, 9.17) is 22.9 Å². The molecular weight excluding hydrogens is 524 g/mol. The van der Waals surface area contributed by atoms with E-state index in [2.05, 4.69) is 84.9 Å². The van der Waals surface area contributed by atoms with Gasteiger partial charge in [0.2, 0.25) is 0 Å². The van der Waals surface area contributed by atoms with Crippen LogP contribution in [-0.2, 0) is 5.41 Å². The van der Waals surface area contributed by atoms with Gasteiger partial charge in [0.25, 0.3) is 0 Å². The summed E-state index contributed by atoms with van der Waals surface area (Å²) in [5.41, 5.74) is 38.5. The summed E-state index contributed by atoms with van der Waals surface area (Å²) in [4.78, 5) is 0. The Morgan fingerprint density at radius 1 is 0.419 bits per heavy atom. The van der Waals surface area contributed by atoms with Gasteiger partial charge < -0.3 is 22.9 Å². The summed E-state index contributed by atoms with van der Waals surface area (Å²) in [6, 6.07) is 46.0. The molecule has 0 bridgehead atoms. The molecule has 212 valence electrons. The normalized spacial score (nSPS) is 12.5. The van der Waals surface area contributed by atoms with E-state index in [1.807, 2.05) is 62.4 Å². The van der Waals surface area contributed by atoms with Gasteiger partial charge >= 0.3 is 0 Å². The van der Waals surface area contributed by atoms with Gasteiger partial charge in [0.05, 0.1) is 5.41 Å². The zero-order valence-electron chi connectivity index (χ0n) is 24.5. The summed E-state index contributed by atoms with van der Waals surface area (Å²) in [6.45, 7) is 4.03. The molecule has 0 fully saturated rings. The van der Waals surface area contributed by atoms with Gasteiger partial charge in [-0.15, -0.1) is 0 Å². The smallest absolute Gasteiger partial charge is 0.0713 e. The van der Waals surface area contributed by atoms with Gasteiger partial charge in [-0.2, -0.15) is 0 Å². The van der Waals surface area contributed by atoms with Crippen LogP contribution in [0.5, 0.6) is 0 Å². The van der Waals surface area contributed by atoms with Crippen molar-refractivity contribution in [2.75, 3.05) is 22.9 Å². The highest BCUT2D eigenvalue weighted by Gasteiger charge is 2.45. The van der Waals surface area contributed by atoms with Crippen LogP contribution in [0, 0.1) is 13.8 Å². The first-order valence-corrected chi connectivity index (χ1v) is 14.4. The van der Waals surface area contributed by atoms with Crippen molar-refractivity contribution in [3.63, 3.8) is 0 Å². The van der Waals surface area contributed by atoms with E-state index >= 15 is 0 Å². The fourth-order valence-electron chi connectivity index (χ4n) is 6.20. The number of anilines is 4. The maximum atomic E-state index is 6.00. The molecular formula is C39H36N4. The summed E-state index contributed by atoms with van der Waals surface area (Å²) in [5, 5.41) is 0. The van der Waals surface area contributed by atoms with E-state index in [0.29, 0.717) is 0 Å². The Labute approximate surface area is 253 Å². The zero-order valence-corrected chi connectivity index (χ0v) is 24.5. The van der Waals surface area contributed by atoms with Crippen LogP contribution in [0.15, 0.2) is 133 Å². The standard InChI is InChI=1S/C25H20N2.C14H16N2/c26-19-13-9-17(10-14-19)25(18-11-15-20(27)16-12-18)23-7-3-1-5-21(23)22-6-2-4-8-24(22)25;1-9-7-11(3-5-13(9)15)12-4-6-14(16)10(2)8-12/h1-16H,26-27H2;3-8H,15-16H2,1-2H3. The third-order valence-electron chi connectivity index (χ3n) is 8.51. The van der Waals surface area contributed by atoms with Crippen molar-refractivity contribution in [1.29, 1.82) is 0 Å². The van der Waals surface area contributed by atoms with Crippen molar-refractivity contribution >= 4 is 22.7 Å². The Bertz CT molecular complexity index is 1780. The molecule has 4 heteroatoms. The number of aryl methyl sites for hydroxylation is 2. The monoisotopic (exact) mass is 560 g/mol. The Hall–Kier alpha value is -5.48. The topological polar surface area (TPSA) is 104 Å². The number of hydrogen-bond acceptors (Lipinski definition) is 4. The van der Waals surface area contributed by atoms with Crippen LogP contribution < -0.4 is 22.9 Å². The number of rotatable bonds is 3. The molecule has 0 saturated heterocycles. The quantitative estimate of drug-likeness (QED) is 0.163. The number of benzene rings is 6. The van der Waals surface area contributed by atoms with Crippen molar-refractivity contribution in [3.05, 3.63) is 167 Å². The zero-order chi connectivity index (χ0) is 30.1. The van der Waals surface area contributed by atoms with Gasteiger partial charge in [-0.25, -0.2) is 0 Å². The summed E-state index contributed by atoms with van der Waals surface area (Å²) >= 11 is 0. The summed E-state index contributed by atoms with van der Waals surface area (Å²) in [5.74, 6) is 0. The van der Waals surface area contributed by atoms with Crippen molar-refractivity contribution in [3.8, 4) is 22.3 Å². The molecule has 7 rings (SSSR count). The Kier molecular flexibility index (Phi) is 7.12. The minimum Gasteiger partial charge on any atom is -0.399 e. The lowest BCUT2D eigenvalue weighted by atomic mass is 9.67. The molecule has 1 aliphatic carbocycles. The van der Waals surface area contributed by atoms with E-state index in [0.717, 1.165) is 33.9 Å². The summed E-state index contributed by atoms with van der Waals surface area (Å²) in [6.07, 6.45) is 0. The maximum Gasteiger partial charge on any atom is 0.0713 e. The third kappa shape index (κ3) is 4.87. The first-order chi connectivity index (χ1) is 20.8. The van der Waals surface area contributed by atoms with Gasteiger partial charge in [0, 0.05) is 22.7 Å². The van der Waals surface area contributed by atoms with Crippen molar-refractivity contribution in [2.45, 2.75) is 19.3 Å². The van der Waals surface area contributed by atoms with Crippen LogP contribution in [-0.4, -0.2) is 0 Å². The Balaban J connectivity index is 0.000000176. The molecule has 0 unspecified atom stereocenters. The van der Waals surface area contributed by atoms with Crippen LogP contribution in [0.3, 0.4) is 0 Å². The van der Waals surface area contributed by atoms with Crippen LogP contribution >= 0.6 is 0 Å². The van der Waals surface area contributed by atoms with E-state index in [1.165, 1.54) is 44.5 Å². The maximum absolute atomic E-state index is 6.00. The summed E-state index contributed by atoms with van der Waals surface area (Å²) < 4.78 is 0. The molecule has 0 aliphatic heterocycles. The largest absolute Gasteiger partial charge is 0.399 e. The number of hydrogen-bond donors (Lipinski definition) is 4. The molecule has 0 radical (unpaired) electrons. The van der Waals surface area contributed by atoms with E-state index < -0.39 is 0 Å². The van der Waals surface area contributed by atoms with Crippen LogP contribution in [0.2, 0.25) is 0 Å². The molecule has 0 aromatic heterocycles. The second-order valence-corrected chi connectivity index (χ2v) is 11.2. The fraction of sp³-hybridized carbons (Fsp3) is 0.0769. The third-order valence-corrected chi connectivity index (χ3v) is 8.51. The molecule has 43 heavy (non-hydrogen) atoms. The molecule has 1 aliphatic rings. The lowest BCUT2D eigenvalue weighted by Gasteiger charge is -2.34. The minimum absolute atomic E-state index is 0.380. The van der Waals surface area contributed by atoms with Crippen molar-refractivity contribution in [1.82, 2.24) is 0 Å². The fourth-order valence-corrected chi connectivity index (χ4v) is 6.20. The predicted molar refractivity (Wildman–Crippen MR) is 183 cm³/mol. The molecule has 8 N–H and O–H groups in total. The van der Waals surface area contributed by atoms with E-state index in [1.54, 1.807) is 0 Å².